The van der Waals surface area contributed by atoms with Gasteiger partial charge in [0.2, 0.25) is 0 Å². The molecule has 5 heteroatoms. The second-order valence-electron chi connectivity index (χ2n) is 8.87. The molecule has 2 N–H and O–H groups in total. The summed E-state index contributed by atoms with van der Waals surface area (Å²) in [6.07, 6.45) is 22.5. The van der Waals surface area contributed by atoms with Gasteiger partial charge in [0.1, 0.15) is 0 Å². The molecule has 2 atom stereocenters. The van der Waals surface area contributed by atoms with Crippen molar-refractivity contribution in [2.24, 2.45) is 0 Å². The molecule has 2 unspecified atom stereocenters. The van der Waals surface area contributed by atoms with Gasteiger partial charge in [0, 0.05) is 0 Å². The Balaban J connectivity index is 3.35. The Kier molecular flexibility index (Phi) is 19.7. The minimum Gasteiger partial charge on any atom is -0.393 e. The summed E-state index contributed by atoms with van der Waals surface area (Å²) in [6.45, 7) is 4.06. The number of hydrogen-bond acceptors (Lipinski definition) is 3. The van der Waals surface area contributed by atoms with E-state index in [9.17, 15) is 13.5 Å². The summed E-state index contributed by atoms with van der Waals surface area (Å²) in [5, 5.41) is 9.50. The summed E-state index contributed by atoms with van der Waals surface area (Å²) in [7, 11) is -3.87. The molecule has 0 radical (unpaired) electrons. The fourth-order valence-electron chi connectivity index (χ4n) is 4.03. The Hall–Kier alpha value is -0.130. The SMILES string of the molecule is CCCCCCCCCCCCC(O)CCCCCCCCC(CC)S(=O)(=O)O. The molecule has 0 aromatic rings. The van der Waals surface area contributed by atoms with Crippen molar-refractivity contribution in [1.29, 1.82) is 0 Å². The molecule has 0 spiro atoms. The van der Waals surface area contributed by atoms with Gasteiger partial charge in [-0.25, -0.2) is 0 Å². The number of aliphatic hydroxyl groups is 1. The minimum atomic E-state index is -3.87. The van der Waals surface area contributed by atoms with Gasteiger partial charge in [-0.3, -0.25) is 4.55 Å². The Morgan fingerprint density at radius 1 is 0.586 bits per heavy atom. The first-order chi connectivity index (χ1) is 13.9. The maximum absolute atomic E-state index is 11.1. The van der Waals surface area contributed by atoms with Crippen LogP contribution in [0.15, 0.2) is 0 Å². The molecule has 0 aliphatic heterocycles. The Bertz CT molecular complexity index is 436. The lowest BCUT2D eigenvalue weighted by molar-refractivity contribution is 0.147. The third kappa shape index (κ3) is 19.6. The van der Waals surface area contributed by atoms with E-state index in [-0.39, 0.29) is 6.10 Å². The largest absolute Gasteiger partial charge is 0.393 e. The molecule has 0 aromatic carbocycles. The topological polar surface area (TPSA) is 74.6 Å². The smallest absolute Gasteiger partial charge is 0.267 e. The zero-order valence-corrected chi connectivity index (χ0v) is 20.2. The Labute approximate surface area is 182 Å². The van der Waals surface area contributed by atoms with Gasteiger partial charge >= 0.3 is 0 Å². The van der Waals surface area contributed by atoms with Crippen LogP contribution in [-0.4, -0.2) is 29.4 Å². The van der Waals surface area contributed by atoms with Crippen LogP contribution < -0.4 is 0 Å². The first-order valence-corrected chi connectivity index (χ1v) is 14.1. The van der Waals surface area contributed by atoms with Crippen LogP contribution in [-0.2, 0) is 10.1 Å². The van der Waals surface area contributed by atoms with E-state index in [1.807, 2.05) is 0 Å². The molecule has 0 bridgehead atoms. The molecule has 0 fully saturated rings. The molecule has 0 aliphatic carbocycles. The molecule has 0 rings (SSSR count). The highest BCUT2D eigenvalue weighted by molar-refractivity contribution is 7.86. The fraction of sp³-hybridized carbons (Fsp3) is 1.00. The molecule has 29 heavy (non-hydrogen) atoms. The minimum absolute atomic E-state index is 0.135. The number of unbranched alkanes of at least 4 members (excludes halogenated alkanes) is 14. The van der Waals surface area contributed by atoms with Gasteiger partial charge in [0.05, 0.1) is 11.4 Å². The van der Waals surface area contributed by atoms with Crippen molar-refractivity contribution in [2.45, 2.75) is 154 Å². The van der Waals surface area contributed by atoms with E-state index in [1.54, 1.807) is 6.92 Å². The lowest BCUT2D eigenvalue weighted by Gasteiger charge is -2.11. The van der Waals surface area contributed by atoms with Crippen molar-refractivity contribution in [3.63, 3.8) is 0 Å². The van der Waals surface area contributed by atoms with Crippen LogP contribution in [0.1, 0.15) is 142 Å². The van der Waals surface area contributed by atoms with E-state index >= 15 is 0 Å². The molecule has 0 amide bonds. The summed E-state index contributed by atoms with van der Waals surface area (Å²) in [4.78, 5) is 0. The first-order valence-electron chi connectivity index (χ1n) is 12.6. The maximum Gasteiger partial charge on any atom is 0.267 e. The highest BCUT2D eigenvalue weighted by Gasteiger charge is 2.19. The maximum atomic E-state index is 11.1. The van der Waals surface area contributed by atoms with E-state index in [2.05, 4.69) is 6.92 Å². The average Bonchev–Trinajstić information content (AvgIpc) is 2.67. The zero-order chi connectivity index (χ0) is 21.8. The van der Waals surface area contributed by atoms with Crippen LogP contribution in [0.3, 0.4) is 0 Å². The molecule has 4 nitrogen and oxygen atoms in total. The van der Waals surface area contributed by atoms with Crippen LogP contribution in [0.2, 0.25) is 0 Å². The van der Waals surface area contributed by atoms with Crippen LogP contribution >= 0.6 is 0 Å². The highest BCUT2D eigenvalue weighted by atomic mass is 32.2. The first kappa shape index (κ1) is 28.9. The van der Waals surface area contributed by atoms with E-state index < -0.39 is 15.4 Å². The summed E-state index contributed by atoms with van der Waals surface area (Å²) in [5.41, 5.74) is 0. The van der Waals surface area contributed by atoms with E-state index in [1.165, 1.54) is 57.8 Å². The summed E-state index contributed by atoms with van der Waals surface area (Å²) < 4.78 is 31.4. The molecular formula is C24H50O4S. The lowest BCUT2D eigenvalue weighted by Crippen LogP contribution is -2.19. The third-order valence-corrected chi connectivity index (χ3v) is 7.49. The summed E-state index contributed by atoms with van der Waals surface area (Å²) >= 11 is 0. The third-order valence-electron chi connectivity index (χ3n) is 6.08. The normalized spacial score (nSPS) is 14.2. The second-order valence-corrected chi connectivity index (χ2v) is 10.6. The zero-order valence-electron chi connectivity index (χ0n) is 19.4. The van der Waals surface area contributed by atoms with E-state index in [0.29, 0.717) is 12.8 Å². The fourth-order valence-corrected chi connectivity index (χ4v) is 4.92. The van der Waals surface area contributed by atoms with Crippen molar-refractivity contribution >= 4 is 10.1 Å². The number of aliphatic hydroxyl groups excluding tert-OH is 1. The molecule has 0 saturated heterocycles. The number of hydrogen-bond donors (Lipinski definition) is 2. The molecular weight excluding hydrogens is 384 g/mol. The van der Waals surface area contributed by atoms with Crippen LogP contribution in [0, 0.1) is 0 Å². The number of rotatable bonds is 22. The molecule has 0 heterocycles. The van der Waals surface area contributed by atoms with Gasteiger partial charge in [-0.15, -0.1) is 0 Å². The predicted octanol–water partition coefficient (Wildman–Crippen LogP) is 7.45. The summed E-state index contributed by atoms with van der Waals surface area (Å²) in [5.74, 6) is 0. The van der Waals surface area contributed by atoms with Gasteiger partial charge in [-0.2, -0.15) is 8.42 Å². The average molecular weight is 435 g/mol. The van der Waals surface area contributed by atoms with Gasteiger partial charge in [0.15, 0.2) is 0 Å². The van der Waals surface area contributed by atoms with Crippen molar-refractivity contribution < 1.29 is 18.1 Å². The molecule has 0 saturated carbocycles. The van der Waals surface area contributed by atoms with Gasteiger partial charge in [-0.05, 0) is 25.7 Å². The molecule has 0 aromatic heterocycles. The standard InChI is InChI=1S/C24H50O4S/c1-3-5-6-7-8-9-10-11-14-17-20-23(25)21-18-15-12-13-16-19-22-24(4-2)29(26,27)28/h23-25H,3-22H2,1-2H3,(H,26,27,28). The monoisotopic (exact) mass is 434 g/mol. The van der Waals surface area contributed by atoms with Crippen LogP contribution in [0.4, 0.5) is 0 Å². The van der Waals surface area contributed by atoms with Gasteiger partial charge in [0.25, 0.3) is 10.1 Å². The summed E-state index contributed by atoms with van der Waals surface area (Å²) in [6, 6.07) is 0. The Morgan fingerprint density at radius 2 is 0.931 bits per heavy atom. The van der Waals surface area contributed by atoms with Crippen LogP contribution in [0.5, 0.6) is 0 Å². The molecule has 176 valence electrons. The van der Waals surface area contributed by atoms with Crippen molar-refractivity contribution in [3.8, 4) is 0 Å². The quantitative estimate of drug-likeness (QED) is 0.137. The van der Waals surface area contributed by atoms with Gasteiger partial charge < -0.3 is 5.11 Å². The lowest BCUT2D eigenvalue weighted by atomic mass is 10.0. The van der Waals surface area contributed by atoms with E-state index in [4.69, 9.17) is 4.55 Å². The second kappa shape index (κ2) is 19.8. The van der Waals surface area contributed by atoms with Crippen molar-refractivity contribution in [1.82, 2.24) is 0 Å². The van der Waals surface area contributed by atoms with Gasteiger partial charge in [-0.1, -0.05) is 117 Å². The van der Waals surface area contributed by atoms with Crippen molar-refractivity contribution in [3.05, 3.63) is 0 Å². The van der Waals surface area contributed by atoms with Crippen molar-refractivity contribution in [2.75, 3.05) is 0 Å². The Morgan fingerprint density at radius 3 is 1.28 bits per heavy atom. The van der Waals surface area contributed by atoms with E-state index in [0.717, 1.165) is 57.8 Å². The predicted molar refractivity (Wildman–Crippen MR) is 125 cm³/mol. The highest BCUT2D eigenvalue weighted by Crippen LogP contribution is 2.17. The molecule has 0 aliphatic rings. The van der Waals surface area contributed by atoms with Crippen LogP contribution in [0.25, 0.3) is 0 Å².